The molecular formula is C20H29FN4O3. The number of hydrogen-bond donors (Lipinski definition) is 3. The molecular weight excluding hydrogens is 363 g/mol. The summed E-state index contributed by atoms with van der Waals surface area (Å²) in [5.74, 6) is -0.0981. The Hall–Kier alpha value is -2.19. The molecule has 0 bridgehead atoms. The van der Waals surface area contributed by atoms with Crippen molar-refractivity contribution in [2.24, 2.45) is 17.1 Å². The van der Waals surface area contributed by atoms with Gasteiger partial charge in [-0.25, -0.2) is 9.18 Å². The zero-order valence-corrected chi connectivity index (χ0v) is 16.1. The standard InChI is InChI=1S/C20H29FN4O3/c21-16-4-1-5-17(11-16)24-19(27)23-12-15-3-2-8-25(13-15)18(26)20(14-22)6-9-28-10-7-20/h1,4-5,11,15H,2-3,6-10,12-14,22H2,(H2,23,24,27). The average molecular weight is 392 g/mol. The van der Waals surface area contributed by atoms with Crippen molar-refractivity contribution in [3.63, 3.8) is 0 Å². The Morgan fingerprint density at radius 2 is 2.11 bits per heavy atom. The maximum Gasteiger partial charge on any atom is 0.319 e. The lowest BCUT2D eigenvalue weighted by Gasteiger charge is -2.42. The number of carbonyl (C=O) groups excluding carboxylic acids is 2. The number of carbonyl (C=O) groups is 2. The Morgan fingerprint density at radius 3 is 2.82 bits per heavy atom. The molecule has 0 aliphatic carbocycles. The maximum atomic E-state index is 13.2. The van der Waals surface area contributed by atoms with E-state index >= 15 is 0 Å². The summed E-state index contributed by atoms with van der Waals surface area (Å²) in [5, 5.41) is 5.45. The highest BCUT2D eigenvalue weighted by Crippen LogP contribution is 2.33. The minimum Gasteiger partial charge on any atom is -0.381 e. The molecule has 2 saturated heterocycles. The van der Waals surface area contributed by atoms with E-state index in [2.05, 4.69) is 10.6 Å². The normalized spacial score (nSPS) is 21.8. The predicted octanol–water partition coefficient (Wildman–Crippen LogP) is 1.94. The molecule has 0 spiro atoms. The van der Waals surface area contributed by atoms with Gasteiger partial charge in [-0.1, -0.05) is 6.07 Å². The van der Waals surface area contributed by atoms with Gasteiger partial charge in [-0.3, -0.25) is 4.79 Å². The second-order valence-corrected chi connectivity index (χ2v) is 7.70. The third kappa shape index (κ3) is 4.99. The first-order valence-corrected chi connectivity index (χ1v) is 9.90. The second kappa shape index (κ2) is 9.34. The van der Waals surface area contributed by atoms with E-state index in [-0.39, 0.29) is 17.9 Å². The number of hydrogen-bond acceptors (Lipinski definition) is 4. The Morgan fingerprint density at radius 1 is 1.32 bits per heavy atom. The van der Waals surface area contributed by atoms with Crippen molar-refractivity contribution in [3.05, 3.63) is 30.1 Å². The van der Waals surface area contributed by atoms with Gasteiger partial charge in [0.1, 0.15) is 5.82 Å². The van der Waals surface area contributed by atoms with E-state index in [1.165, 1.54) is 12.1 Å². The number of urea groups is 1. The van der Waals surface area contributed by atoms with E-state index < -0.39 is 11.2 Å². The van der Waals surface area contributed by atoms with Crippen LogP contribution in [0.1, 0.15) is 25.7 Å². The summed E-state index contributed by atoms with van der Waals surface area (Å²) in [6.45, 7) is 3.29. The molecule has 8 heteroatoms. The molecule has 0 radical (unpaired) electrons. The van der Waals surface area contributed by atoms with Gasteiger partial charge in [-0.05, 0) is 49.8 Å². The molecule has 0 aromatic heterocycles. The van der Waals surface area contributed by atoms with Crippen molar-refractivity contribution < 1.29 is 18.7 Å². The number of benzene rings is 1. The van der Waals surface area contributed by atoms with Crippen LogP contribution in [0.3, 0.4) is 0 Å². The van der Waals surface area contributed by atoms with Crippen LogP contribution in [0.5, 0.6) is 0 Å². The van der Waals surface area contributed by atoms with Gasteiger partial charge in [0.05, 0.1) is 5.41 Å². The first-order valence-electron chi connectivity index (χ1n) is 9.90. The first kappa shape index (κ1) is 20.5. The molecule has 28 heavy (non-hydrogen) atoms. The highest BCUT2D eigenvalue weighted by atomic mass is 19.1. The smallest absolute Gasteiger partial charge is 0.319 e. The summed E-state index contributed by atoms with van der Waals surface area (Å²) in [5.41, 5.74) is 5.86. The quantitative estimate of drug-likeness (QED) is 0.713. The van der Waals surface area contributed by atoms with Crippen LogP contribution >= 0.6 is 0 Å². The van der Waals surface area contributed by atoms with Gasteiger partial charge in [0, 0.05) is 45.1 Å². The van der Waals surface area contributed by atoms with Crippen LogP contribution in [0.2, 0.25) is 0 Å². The molecule has 0 saturated carbocycles. The van der Waals surface area contributed by atoms with Crippen LogP contribution in [0.4, 0.5) is 14.9 Å². The molecule has 1 aromatic carbocycles. The summed E-state index contributed by atoms with van der Waals surface area (Å²) in [6, 6.07) is 5.38. The van der Waals surface area contributed by atoms with Crippen molar-refractivity contribution in [2.45, 2.75) is 25.7 Å². The molecule has 3 amide bonds. The predicted molar refractivity (Wildman–Crippen MR) is 104 cm³/mol. The van der Waals surface area contributed by atoms with E-state index in [0.29, 0.717) is 51.4 Å². The number of nitrogens with two attached hydrogens (primary N) is 1. The molecule has 154 valence electrons. The monoisotopic (exact) mass is 392 g/mol. The van der Waals surface area contributed by atoms with Crippen molar-refractivity contribution in [2.75, 3.05) is 44.7 Å². The molecule has 2 aliphatic heterocycles. The fraction of sp³-hybridized carbons (Fsp3) is 0.600. The Kier molecular flexibility index (Phi) is 6.85. The SMILES string of the molecule is NCC1(C(=O)N2CCCC(CNC(=O)Nc3cccc(F)c3)C2)CCOCC1. The zero-order valence-electron chi connectivity index (χ0n) is 16.1. The number of ether oxygens (including phenoxy) is 1. The van der Waals surface area contributed by atoms with Crippen molar-refractivity contribution >= 4 is 17.6 Å². The Balaban J connectivity index is 1.50. The molecule has 2 fully saturated rings. The molecule has 3 rings (SSSR count). The molecule has 1 atom stereocenters. The minimum atomic E-state index is -0.512. The molecule has 2 heterocycles. The van der Waals surface area contributed by atoms with Crippen LogP contribution in [0, 0.1) is 17.2 Å². The highest BCUT2D eigenvalue weighted by Gasteiger charge is 2.42. The maximum absolute atomic E-state index is 13.2. The van der Waals surface area contributed by atoms with Gasteiger partial charge in [0.15, 0.2) is 0 Å². The number of halogens is 1. The van der Waals surface area contributed by atoms with Gasteiger partial charge in [0.25, 0.3) is 0 Å². The number of piperidine rings is 1. The Bertz CT molecular complexity index is 694. The summed E-state index contributed by atoms with van der Waals surface area (Å²) in [4.78, 5) is 27.1. The minimum absolute atomic E-state index is 0.118. The summed E-state index contributed by atoms with van der Waals surface area (Å²) in [6.07, 6.45) is 3.18. The highest BCUT2D eigenvalue weighted by molar-refractivity contribution is 5.89. The van der Waals surface area contributed by atoms with Crippen LogP contribution in [-0.4, -0.2) is 56.2 Å². The molecule has 1 aromatic rings. The van der Waals surface area contributed by atoms with Gasteiger partial charge < -0.3 is 26.0 Å². The van der Waals surface area contributed by atoms with E-state index in [4.69, 9.17) is 10.5 Å². The second-order valence-electron chi connectivity index (χ2n) is 7.70. The third-order valence-electron chi connectivity index (χ3n) is 5.73. The van der Waals surface area contributed by atoms with Gasteiger partial charge in [-0.2, -0.15) is 0 Å². The van der Waals surface area contributed by atoms with Gasteiger partial charge in [-0.15, -0.1) is 0 Å². The topological polar surface area (TPSA) is 96.7 Å². The lowest BCUT2D eigenvalue weighted by Crippen LogP contribution is -2.54. The summed E-state index contributed by atoms with van der Waals surface area (Å²) >= 11 is 0. The molecule has 4 N–H and O–H groups in total. The average Bonchev–Trinajstić information content (AvgIpc) is 2.72. The molecule has 2 aliphatic rings. The van der Waals surface area contributed by atoms with Crippen LogP contribution in [0.25, 0.3) is 0 Å². The summed E-state index contributed by atoms with van der Waals surface area (Å²) in [7, 11) is 0. The van der Waals surface area contributed by atoms with Crippen LogP contribution in [-0.2, 0) is 9.53 Å². The number of likely N-dealkylation sites (tertiary alicyclic amines) is 1. The van der Waals surface area contributed by atoms with Gasteiger partial charge >= 0.3 is 6.03 Å². The van der Waals surface area contributed by atoms with Crippen molar-refractivity contribution in [1.29, 1.82) is 0 Å². The number of amides is 3. The number of anilines is 1. The zero-order chi connectivity index (χ0) is 20.0. The largest absolute Gasteiger partial charge is 0.381 e. The number of nitrogens with one attached hydrogen (secondary N) is 2. The van der Waals surface area contributed by atoms with Crippen molar-refractivity contribution in [3.8, 4) is 0 Å². The fourth-order valence-corrected chi connectivity index (χ4v) is 4.00. The van der Waals surface area contributed by atoms with Crippen molar-refractivity contribution in [1.82, 2.24) is 10.2 Å². The van der Waals surface area contributed by atoms with E-state index in [1.54, 1.807) is 12.1 Å². The molecule has 1 unspecified atom stereocenters. The Labute approximate surface area is 164 Å². The van der Waals surface area contributed by atoms with Crippen LogP contribution < -0.4 is 16.4 Å². The number of rotatable bonds is 5. The summed E-state index contributed by atoms with van der Waals surface area (Å²) < 4.78 is 18.6. The third-order valence-corrected chi connectivity index (χ3v) is 5.73. The number of nitrogens with zero attached hydrogens (tertiary/aromatic N) is 1. The van der Waals surface area contributed by atoms with Crippen LogP contribution in [0.15, 0.2) is 24.3 Å². The molecule has 7 nitrogen and oxygen atoms in total. The van der Waals surface area contributed by atoms with Gasteiger partial charge in [0.2, 0.25) is 5.91 Å². The van der Waals surface area contributed by atoms with E-state index in [9.17, 15) is 14.0 Å². The lowest BCUT2D eigenvalue weighted by atomic mass is 9.78. The fourth-order valence-electron chi connectivity index (χ4n) is 4.00. The lowest BCUT2D eigenvalue weighted by molar-refractivity contribution is -0.149. The first-order chi connectivity index (χ1) is 13.5. The van der Waals surface area contributed by atoms with E-state index in [0.717, 1.165) is 19.4 Å². The van der Waals surface area contributed by atoms with E-state index in [1.807, 2.05) is 4.90 Å².